The number of aromatic nitrogens is 1. The molecule has 0 radical (unpaired) electrons. The van der Waals surface area contributed by atoms with Crippen LogP contribution < -0.4 is 9.64 Å². The molecule has 8 nitrogen and oxygen atoms in total. The lowest BCUT2D eigenvalue weighted by Gasteiger charge is -2.19. The normalized spacial score (nSPS) is 10.6. The van der Waals surface area contributed by atoms with Gasteiger partial charge in [-0.15, -0.1) is 11.3 Å². The first kappa shape index (κ1) is 20.4. The van der Waals surface area contributed by atoms with Crippen LogP contribution in [0, 0.1) is 10.1 Å². The number of nitro benzene ring substituents is 1. The smallest absolute Gasteiger partial charge is 0.269 e. The van der Waals surface area contributed by atoms with Crippen molar-refractivity contribution in [1.29, 1.82) is 0 Å². The van der Waals surface area contributed by atoms with Crippen LogP contribution in [0.3, 0.4) is 0 Å². The summed E-state index contributed by atoms with van der Waals surface area (Å²) in [4.78, 5) is 29.5. The average Bonchev–Trinajstić information content (AvgIpc) is 3.24. The van der Waals surface area contributed by atoms with Gasteiger partial charge in [0.2, 0.25) is 0 Å². The molecule has 0 fully saturated rings. The number of thiazole rings is 1. The van der Waals surface area contributed by atoms with Gasteiger partial charge in [-0.1, -0.05) is 0 Å². The van der Waals surface area contributed by atoms with E-state index in [1.165, 1.54) is 23.5 Å². The van der Waals surface area contributed by atoms with E-state index in [9.17, 15) is 14.9 Å². The average molecular weight is 413 g/mol. The number of methoxy groups -OCH3 is 2. The van der Waals surface area contributed by atoms with Crippen LogP contribution in [-0.4, -0.2) is 43.2 Å². The first-order valence-corrected chi connectivity index (χ1v) is 9.56. The van der Waals surface area contributed by atoms with E-state index < -0.39 is 4.92 Å². The van der Waals surface area contributed by atoms with Crippen molar-refractivity contribution in [2.24, 2.45) is 0 Å². The number of hydrogen-bond donors (Lipinski definition) is 0. The number of non-ortho nitro benzene ring substituents is 1. The fraction of sp³-hybridized carbons (Fsp3) is 0.200. The molecule has 0 atom stereocenters. The highest BCUT2D eigenvalue weighted by atomic mass is 32.1. The van der Waals surface area contributed by atoms with Crippen LogP contribution in [0.1, 0.15) is 10.4 Å². The van der Waals surface area contributed by atoms with Gasteiger partial charge in [-0.05, 0) is 36.4 Å². The third kappa shape index (κ3) is 4.76. The van der Waals surface area contributed by atoms with Crippen LogP contribution >= 0.6 is 11.3 Å². The van der Waals surface area contributed by atoms with Crippen LogP contribution in [0.15, 0.2) is 53.9 Å². The molecule has 9 heteroatoms. The Balaban J connectivity index is 1.86. The minimum absolute atomic E-state index is 0.0145. The predicted molar refractivity (Wildman–Crippen MR) is 111 cm³/mol. The third-order valence-electron chi connectivity index (χ3n) is 4.20. The number of amides is 1. The zero-order valence-electron chi connectivity index (χ0n) is 15.9. The van der Waals surface area contributed by atoms with E-state index in [0.717, 1.165) is 5.56 Å². The zero-order chi connectivity index (χ0) is 20.8. The number of rotatable bonds is 8. The quantitative estimate of drug-likeness (QED) is 0.409. The summed E-state index contributed by atoms with van der Waals surface area (Å²) in [6, 6.07) is 13.0. The standard InChI is InChI=1S/C20H19N3O5S/c1-27-12-11-22(19(24)15-5-9-17(28-2)10-6-15)20-21-18(13-29-20)14-3-7-16(8-4-14)23(25)26/h3-10,13H,11-12H2,1-2H3. The van der Waals surface area contributed by atoms with Gasteiger partial charge in [0, 0.05) is 35.7 Å². The van der Waals surface area contributed by atoms with Crippen LogP contribution in [0.25, 0.3) is 11.3 Å². The van der Waals surface area contributed by atoms with Crippen molar-refractivity contribution in [2.45, 2.75) is 0 Å². The van der Waals surface area contributed by atoms with Gasteiger partial charge >= 0.3 is 0 Å². The van der Waals surface area contributed by atoms with E-state index in [1.807, 2.05) is 5.38 Å². The summed E-state index contributed by atoms with van der Waals surface area (Å²) in [5.74, 6) is 0.467. The van der Waals surface area contributed by atoms with Crippen molar-refractivity contribution in [3.05, 3.63) is 69.6 Å². The summed E-state index contributed by atoms with van der Waals surface area (Å²) < 4.78 is 10.3. The Kier molecular flexibility index (Phi) is 6.53. The SMILES string of the molecule is COCCN(C(=O)c1ccc(OC)cc1)c1nc(-c2ccc([N+](=O)[O-])cc2)cs1. The Hall–Kier alpha value is -3.30. The van der Waals surface area contributed by atoms with Gasteiger partial charge in [-0.25, -0.2) is 4.98 Å². The number of ether oxygens (including phenoxy) is 2. The second kappa shape index (κ2) is 9.26. The highest BCUT2D eigenvalue weighted by Gasteiger charge is 2.21. The molecule has 1 amide bonds. The molecular formula is C20H19N3O5S. The van der Waals surface area contributed by atoms with Crippen molar-refractivity contribution in [3.8, 4) is 17.0 Å². The topological polar surface area (TPSA) is 94.8 Å². The predicted octanol–water partition coefficient (Wildman–Crippen LogP) is 4.02. The molecule has 0 saturated carbocycles. The van der Waals surface area contributed by atoms with E-state index in [0.29, 0.717) is 35.3 Å². The fourth-order valence-corrected chi connectivity index (χ4v) is 3.49. The second-order valence-electron chi connectivity index (χ2n) is 6.00. The molecule has 0 bridgehead atoms. The van der Waals surface area contributed by atoms with Crippen LogP contribution in [0.4, 0.5) is 10.8 Å². The van der Waals surface area contributed by atoms with E-state index in [-0.39, 0.29) is 11.6 Å². The fourth-order valence-electron chi connectivity index (χ4n) is 2.63. The molecule has 0 aliphatic rings. The molecular weight excluding hydrogens is 394 g/mol. The number of nitrogens with zero attached hydrogens (tertiary/aromatic N) is 3. The Bertz CT molecular complexity index is 986. The molecule has 1 heterocycles. The summed E-state index contributed by atoms with van der Waals surface area (Å²) in [7, 11) is 3.14. The summed E-state index contributed by atoms with van der Waals surface area (Å²) >= 11 is 1.32. The summed E-state index contributed by atoms with van der Waals surface area (Å²) in [5, 5.41) is 13.2. The van der Waals surface area contributed by atoms with Gasteiger partial charge in [0.1, 0.15) is 5.75 Å². The Morgan fingerprint density at radius 1 is 1.14 bits per heavy atom. The number of anilines is 1. The summed E-state index contributed by atoms with van der Waals surface area (Å²) in [6.07, 6.45) is 0. The van der Waals surface area contributed by atoms with E-state index in [2.05, 4.69) is 4.98 Å². The number of carbonyl (C=O) groups excluding carboxylic acids is 1. The van der Waals surface area contributed by atoms with Crippen LogP contribution in [0.2, 0.25) is 0 Å². The van der Waals surface area contributed by atoms with Gasteiger partial charge < -0.3 is 9.47 Å². The molecule has 0 aliphatic carbocycles. The maximum absolute atomic E-state index is 13.0. The highest BCUT2D eigenvalue weighted by molar-refractivity contribution is 7.14. The number of hydrogen-bond acceptors (Lipinski definition) is 7. The molecule has 0 spiro atoms. The van der Waals surface area contributed by atoms with Crippen LogP contribution in [-0.2, 0) is 4.74 Å². The maximum Gasteiger partial charge on any atom is 0.269 e. The zero-order valence-corrected chi connectivity index (χ0v) is 16.7. The van der Waals surface area contributed by atoms with Gasteiger partial charge in [0.25, 0.3) is 11.6 Å². The number of carbonyl (C=O) groups is 1. The Labute approximate surface area is 171 Å². The Morgan fingerprint density at radius 2 is 1.83 bits per heavy atom. The molecule has 0 aliphatic heterocycles. The van der Waals surface area contributed by atoms with Gasteiger partial charge in [-0.2, -0.15) is 0 Å². The van der Waals surface area contributed by atoms with Crippen molar-refractivity contribution in [2.75, 3.05) is 32.3 Å². The molecule has 1 aromatic heterocycles. The lowest BCUT2D eigenvalue weighted by Crippen LogP contribution is -2.33. The first-order chi connectivity index (χ1) is 14.0. The monoisotopic (exact) mass is 413 g/mol. The minimum Gasteiger partial charge on any atom is -0.497 e. The molecule has 3 aromatic rings. The molecule has 29 heavy (non-hydrogen) atoms. The largest absolute Gasteiger partial charge is 0.497 e. The highest BCUT2D eigenvalue weighted by Crippen LogP contribution is 2.29. The molecule has 2 aromatic carbocycles. The Morgan fingerprint density at radius 3 is 2.41 bits per heavy atom. The van der Waals surface area contributed by atoms with Gasteiger partial charge in [0.15, 0.2) is 5.13 Å². The lowest BCUT2D eigenvalue weighted by atomic mass is 10.1. The van der Waals surface area contributed by atoms with Crippen molar-refractivity contribution in [3.63, 3.8) is 0 Å². The third-order valence-corrected chi connectivity index (χ3v) is 5.06. The molecule has 150 valence electrons. The second-order valence-corrected chi connectivity index (χ2v) is 6.83. The number of benzene rings is 2. The molecule has 0 unspecified atom stereocenters. The molecule has 0 saturated heterocycles. The van der Waals surface area contributed by atoms with E-state index in [4.69, 9.17) is 9.47 Å². The molecule has 0 N–H and O–H groups in total. The lowest BCUT2D eigenvalue weighted by molar-refractivity contribution is -0.384. The maximum atomic E-state index is 13.0. The van der Waals surface area contributed by atoms with Crippen molar-refractivity contribution in [1.82, 2.24) is 4.98 Å². The minimum atomic E-state index is -0.448. The summed E-state index contributed by atoms with van der Waals surface area (Å²) in [6.45, 7) is 0.697. The first-order valence-electron chi connectivity index (χ1n) is 8.68. The van der Waals surface area contributed by atoms with Gasteiger partial charge in [-0.3, -0.25) is 19.8 Å². The van der Waals surface area contributed by atoms with Crippen LogP contribution in [0.5, 0.6) is 5.75 Å². The van der Waals surface area contributed by atoms with E-state index in [1.54, 1.807) is 55.5 Å². The summed E-state index contributed by atoms with van der Waals surface area (Å²) in [5.41, 5.74) is 1.90. The molecule has 3 rings (SSSR count). The van der Waals surface area contributed by atoms with Gasteiger partial charge in [0.05, 0.1) is 30.9 Å². The van der Waals surface area contributed by atoms with Crippen molar-refractivity contribution >= 4 is 28.1 Å². The van der Waals surface area contributed by atoms with E-state index >= 15 is 0 Å². The number of nitro groups is 1. The van der Waals surface area contributed by atoms with Crippen molar-refractivity contribution < 1.29 is 19.2 Å².